The highest BCUT2D eigenvalue weighted by Gasteiger charge is 2.22. The number of nitrogens with zero attached hydrogens (tertiary/aromatic N) is 3. The summed E-state index contributed by atoms with van der Waals surface area (Å²) in [4.78, 5) is 10.0. The number of anilines is 1. The molecular weight excluding hydrogens is 481 g/mol. The molecule has 0 spiro atoms. The Labute approximate surface area is 192 Å². The van der Waals surface area contributed by atoms with Gasteiger partial charge in [-0.05, 0) is 76.1 Å². The molecule has 3 heterocycles. The Morgan fingerprint density at radius 3 is 2.54 bits per heavy atom. The van der Waals surface area contributed by atoms with Crippen molar-refractivity contribution in [3.63, 3.8) is 0 Å². The highest BCUT2D eigenvalue weighted by molar-refractivity contribution is 14.0. The number of rotatable bonds is 6. The van der Waals surface area contributed by atoms with Crippen LogP contribution < -0.4 is 15.5 Å². The number of piperidine rings is 2. The van der Waals surface area contributed by atoms with Gasteiger partial charge in [-0.2, -0.15) is 0 Å². The maximum atomic E-state index is 4.91. The van der Waals surface area contributed by atoms with E-state index >= 15 is 0 Å². The van der Waals surface area contributed by atoms with E-state index in [1.165, 1.54) is 43.8 Å². The quantitative estimate of drug-likeness (QED) is 0.339. The molecule has 0 radical (unpaired) electrons. The summed E-state index contributed by atoms with van der Waals surface area (Å²) in [5.41, 5.74) is 0. The van der Waals surface area contributed by atoms with E-state index in [1.807, 2.05) is 11.3 Å². The monoisotopic (exact) mass is 519 g/mol. The molecule has 2 saturated heterocycles. The molecule has 0 aliphatic carbocycles. The van der Waals surface area contributed by atoms with Crippen LogP contribution in [0.2, 0.25) is 0 Å². The molecule has 2 N–H and O–H groups in total. The molecule has 3 rings (SSSR count). The summed E-state index contributed by atoms with van der Waals surface area (Å²) < 4.78 is 0. The summed E-state index contributed by atoms with van der Waals surface area (Å²) in [5, 5.41) is 10.7. The summed E-state index contributed by atoms with van der Waals surface area (Å²) in [7, 11) is 0. The van der Waals surface area contributed by atoms with Crippen LogP contribution in [-0.2, 0) is 0 Å². The van der Waals surface area contributed by atoms with Gasteiger partial charge >= 0.3 is 0 Å². The van der Waals surface area contributed by atoms with Crippen molar-refractivity contribution in [2.75, 3.05) is 44.2 Å². The lowest BCUT2D eigenvalue weighted by atomic mass is 9.98. The van der Waals surface area contributed by atoms with Gasteiger partial charge in [-0.25, -0.2) is 0 Å². The predicted molar refractivity (Wildman–Crippen MR) is 134 cm³/mol. The van der Waals surface area contributed by atoms with Crippen molar-refractivity contribution in [1.29, 1.82) is 0 Å². The first-order valence-electron chi connectivity index (χ1n) is 10.7. The van der Waals surface area contributed by atoms with Gasteiger partial charge < -0.3 is 15.5 Å². The Kier molecular flexibility index (Phi) is 10.4. The van der Waals surface area contributed by atoms with Crippen LogP contribution in [0.4, 0.5) is 5.00 Å². The van der Waals surface area contributed by atoms with E-state index in [0.29, 0.717) is 12.1 Å². The van der Waals surface area contributed by atoms with Gasteiger partial charge in [0.25, 0.3) is 0 Å². The second kappa shape index (κ2) is 12.2. The van der Waals surface area contributed by atoms with Gasteiger partial charge in [0.1, 0.15) is 0 Å². The van der Waals surface area contributed by atoms with E-state index in [2.05, 4.69) is 58.7 Å². The fraction of sp³-hybridized carbons (Fsp3) is 0.762. The van der Waals surface area contributed by atoms with Crippen molar-refractivity contribution in [2.45, 2.75) is 58.5 Å². The molecule has 0 bridgehead atoms. The molecule has 5 nitrogen and oxygen atoms in total. The maximum absolute atomic E-state index is 4.91. The molecule has 0 aromatic carbocycles. The molecule has 0 amide bonds. The van der Waals surface area contributed by atoms with Crippen LogP contribution in [0.5, 0.6) is 0 Å². The van der Waals surface area contributed by atoms with Crippen LogP contribution >= 0.6 is 35.3 Å². The fourth-order valence-corrected chi connectivity index (χ4v) is 4.80. The van der Waals surface area contributed by atoms with Crippen LogP contribution in [0.3, 0.4) is 0 Å². The first kappa shape index (κ1) is 23.7. The van der Waals surface area contributed by atoms with E-state index in [-0.39, 0.29) is 24.0 Å². The van der Waals surface area contributed by atoms with E-state index in [1.54, 1.807) is 0 Å². The zero-order valence-corrected chi connectivity index (χ0v) is 20.8. The molecule has 7 heteroatoms. The molecule has 2 fully saturated rings. The standard InChI is InChI=1S/C21H37N5S.HI/c1-4-22-21(23-16-18(3)25-11-7-17(2)8-12-25)24-19-9-13-26(14-10-19)20-6-5-15-27-20;/h5-6,15,17-19H,4,7-14,16H2,1-3H3,(H2,22,23,24);1H. The highest BCUT2D eigenvalue weighted by Crippen LogP contribution is 2.24. The fourth-order valence-electron chi connectivity index (χ4n) is 4.02. The number of thiophene rings is 1. The third-order valence-corrected chi connectivity index (χ3v) is 6.88. The molecule has 2 aliphatic heterocycles. The Balaban J connectivity index is 0.00000280. The Hall–Kier alpha value is -0.540. The molecular formula is C21H38IN5S. The minimum atomic E-state index is 0. The molecule has 1 unspecified atom stereocenters. The van der Waals surface area contributed by atoms with Gasteiger partial charge in [-0.3, -0.25) is 9.89 Å². The second-order valence-corrected chi connectivity index (χ2v) is 9.07. The lowest BCUT2D eigenvalue weighted by Gasteiger charge is -2.35. The van der Waals surface area contributed by atoms with Crippen LogP contribution in [0.25, 0.3) is 0 Å². The Bertz CT molecular complexity index is 563. The SMILES string of the molecule is CCNC(=NCC(C)N1CCC(C)CC1)NC1CCN(c2cccs2)CC1.I. The highest BCUT2D eigenvalue weighted by atomic mass is 127. The van der Waals surface area contributed by atoms with Gasteiger partial charge in [0.05, 0.1) is 11.5 Å². The first-order chi connectivity index (χ1) is 13.2. The lowest BCUT2D eigenvalue weighted by Crippen LogP contribution is -2.49. The van der Waals surface area contributed by atoms with Crippen LogP contribution in [0, 0.1) is 5.92 Å². The molecule has 160 valence electrons. The third-order valence-electron chi connectivity index (χ3n) is 5.95. The van der Waals surface area contributed by atoms with Gasteiger partial charge in [-0.15, -0.1) is 35.3 Å². The largest absolute Gasteiger partial charge is 0.363 e. The number of guanidine groups is 1. The second-order valence-electron chi connectivity index (χ2n) is 8.14. The van der Waals surface area contributed by atoms with Crippen LogP contribution in [0.1, 0.15) is 46.5 Å². The van der Waals surface area contributed by atoms with E-state index in [0.717, 1.165) is 38.1 Å². The minimum absolute atomic E-state index is 0. The number of hydrogen-bond donors (Lipinski definition) is 2. The summed E-state index contributed by atoms with van der Waals surface area (Å²) >= 11 is 1.84. The number of hydrogen-bond acceptors (Lipinski definition) is 4. The lowest BCUT2D eigenvalue weighted by molar-refractivity contribution is 0.150. The van der Waals surface area contributed by atoms with E-state index in [4.69, 9.17) is 4.99 Å². The minimum Gasteiger partial charge on any atom is -0.363 e. The van der Waals surface area contributed by atoms with Crippen LogP contribution in [-0.4, -0.2) is 62.2 Å². The van der Waals surface area contributed by atoms with Crippen molar-refractivity contribution < 1.29 is 0 Å². The first-order valence-corrected chi connectivity index (χ1v) is 11.6. The van der Waals surface area contributed by atoms with Crippen molar-refractivity contribution in [2.24, 2.45) is 10.9 Å². The smallest absolute Gasteiger partial charge is 0.191 e. The van der Waals surface area contributed by atoms with Crippen molar-refractivity contribution in [3.8, 4) is 0 Å². The van der Waals surface area contributed by atoms with Crippen LogP contribution in [0.15, 0.2) is 22.5 Å². The predicted octanol–water partition coefficient (Wildman–Crippen LogP) is 4.01. The van der Waals surface area contributed by atoms with Crippen molar-refractivity contribution in [1.82, 2.24) is 15.5 Å². The van der Waals surface area contributed by atoms with E-state index < -0.39 is 0 Å². The normalized spacial score (nSPS) is 21.2. The zero-order chi connectivity index (χ0) is 19.1. The number of aliphatic imine (C=N–C) groups is 1. The molecule has 1 aromatic rings. The molecule has 0 saturated carbocycles. The molecule has 2 aliphatic rings. The average molecular weight is 520 g/mol. The molecule has 28 heavy (non-hydrogen) atoms. The topological polar surface area (TPSA) is 42.9 Å². The number of halogens is 1. The molecule has 1 atom stereocenters. The third kappa shape index (κ3) is 7.06. The summed E-state index contributed by atoms with van der Waals surface area (Å²) in [6.45, 7) is 13.3. The van der Waals surface area contributed by atoms with Gasteiger partial charge in [-0.1, -0.05) is 6.92 Å². The maximum Gasteiger partial charge on any atom is 0.191 e. The van der Waals surface area contributed by atoms with Crippen molar-refractivity contribution >= 4 is 46.3 Å². The van der Waals surface area contributed by atoms with E-state index in [9.17, 15) is 0 Å². The van der Waals surface area contributed by atoms with Gasteiger partial charge in [0.2, 0.25) is 0 Å². The zero-order valence-electron chi connectivity index (χ0n) is 17.7. The Morgan fingerprint density at radius 1 is 1.21 bits per heavy atom. The van der Waals surface area contributed by atoms with Gasteiger partial charge in [0, 0.05) is 31.7 Å². The summed E-state index contributed by atoms with van der Waals surface area (Å²) in [6.07, 6.45) is 4.99. The number of nitrogens with one attached hydrogen (secondary N) is 2. The summed E-state index contributed by atoms with van der Waals surface area (Å²) in [6, 6.07) is 5.41. The Morgan fingerprint density at radius 2 is 1.93 bits per heavy atom. The van der Waals surface area contributed by atoms with Gasteiger partial charge in [0.15, 0.2) is 5.96 Å². The molecule has 1 aromatic heterocycles. The summed E-state index contributed by atoms with van der Waals surface area (Å²) in [5.74, 6) is 1.88. The van der Waals surface area contributed by atoms with Crippen molar-refractivity contribution in [3.05, 3.63) is 17.5 Å². The number of likely N-dealkylation sites (tertiary alicyclic amines) is 1. The average Bonchev–Trinajstić information content (AvgIpc) is 3.22.